The van der Waals surface area contributed by atoms with Gasteiger partial charge in [0.1, 0.15) is 11.6 Å². The minimum Gasteiger partial charge on any atom is -0.497 e. The Bertz CT molecular complexity index is 1270. The number of benzene rings is 2. The third-order valence-corrected chi connectivity index (χ3v) is 6.42. The Morgan fingerprint density at radius 3 is 2.46 bits per heavy atom. The number of hydrogen-bond acceptors (Lipinski definition) is 6. The summed E-state index contributed by atoms with van der Waals surface area (Å²) in [5, 5.41) is 8.33. The van der Waals surface area contributed by atoms with Crippen molar-refractivity contribution in [3.8, 4) is 5.75 Å². The van der Waals surface area contributed by atoms with Crippen LogP contribution in [0, 0.1) is 6.92 Å². The van der Waals surface area contributed by atoms with Gasteiger partial charge in [0.25, 0.3) is 10.0 Å². The lowest BCUT2D eigenvalue weighted by atomic mass is 10.3. The van der Waals surface area contributed by atoms with Crippen LogP contribution in [0.5, 0.6) is 5.75 Å². The Balaban J connectivity index is 1.95. The molecule has 2 aromatic carbocycles. The molecule has 0 spiro atoms. The van der Waals surface area contributed by atoms with E-state index in [1.54, 1.807) is 19.1 Å². The van der Waals surface area contributed by atoms with Crippen LogP contribution in [-0.2, 0) is 10.0 Å². The maximum atomic E-state index is 13.3. The van der Waals surface area contributed by atoms with Crippen LogP contribution < -0.4 is 9.04 Å². The zero-order valence-corrected chi connectivity index (χ0v) is 16.5. The first-order valence-corrected chi connectivity index (χ1v) is 10.2. The number of methoxy groups -OCH3 is 1. The highest BCUT2D eigenvalue weighted by atomic mass is 32.2. The van der Waals surface area contributed by atoms with Crippen LogP contribution in [0.1, 0.15) is 12.7 Å². The molecule has 0 aliphatic heterocycles. The Morgan fingerprint density at radius 2 is 1.79 bits per heavy atom. The van der Waals surface area contributed by atoms with E-state index in [0.717, 1.165) is 5.52 Å². The van der Waals surface area contributed by atoms with Crippen LogP contribution in [0.2, 0.25) is 0 Å². The Kier molecular flexibility index (Phi) is 4.38. The second-order valence-corrected chi connectivity index (χ2v) is 8.04. The van der Waals surface area contributed by atoms with Crippen LogP contribution in [0.25, 0.3) is 16.7 Å². The highest BCUT2D eigenvalue weighted by Crippen LogP contribution is 2.29. The van der Waals surface area contributed by atoms with Crippen molar-refractivity contribution in [3.05, 3.63) is 54.4 Å². The van der Waals surface area contributed by atoms with Crippen molar-refractivity contribution >= 4 is 32.5 Å². The van der Waals surface area contributed by atoms with Crippen LogP contribution >= 0.6 is 0 Å². The van der Waals surface area contributed by atoms with Gasteiger partial charge in [-0.1, -0.05) is 12.1 Å². The number of aromatic nitrogens is 4. The van der Waals surface area contributed by atoms with E-state index in [4.69, 9.17) is 4.74 Å². The largest absolute Gasteiger partial charge is 0.497 e. The number of sulfonamides is 1. The number of para-hydroxylation sites is 2. The van der Waals surface area contributed by atoms with Gasteiger partial charge in [-0.2, -0.15) is 0 Å². The second kappa shape index (κ2) is 6.75. The van der Waals surface area contributed by atoms with Crippen LogP contribution in [-0.4, -0.2) is 41.7 Å². The Hall–Kier alpha value is -3.20. The Labute approximate surface area is 162 Å². The van der Waals surface area contributed by atoms with Crippen LogP contribution in [0.3, 0.4) is 0 Å². The van der Waals surface area contributed by atoms with Gasteiger partial charge in [0.2, 0.25) is 5.65 Å². The lowest BCUT2D eigenvalue weighted by Crippen LogP contribution is -2.32. The van der Waals surface area contributed by atoms with Crippen molar-refractivity contribution in [2.75, 3.05) is 18.0 Å². The molecule has 0 aliphatic carbocycles. The molecule has 8 nitrogen and oxygen atoms in total. The zero-order chi connectivity index (χ0) is 19.9. The van der Waals surface area contributed by atoms with Gasteiger partial charge in [0.05, 0.1) is 23.0 Å². The molecule has 0 aliphatic rings. The predicted molar refractivity (Wildman–Crippen MR) is 106 cm³/mol. The average molecular weight is 397 g/mol. The molecule has 0 unspecified atom stereocenters. The van der Waals surface area contributed by atoms with E-state index in [2.05, 4.69) is 15.2 Å². The van der Waals surface area contributed by atoms with Crippen molar-refractivity contribution in [2.24, 2.45) is 0 Å². The molecule has 0 saturated carbocycles. The standard InChI is InChI=1S/C19H19N5O3S/c1-4-23(28(25,26)15-11-9-14(27-3)10-12-15)18-19-22-21-13(2)24(19)17-8-6-5-7-16(17)20-18/h5-12H,4H2,1-3H3. The highest BCUT2D eigenvalue weighted by molar-refractivity contribution is 7.92. The van der Waals surface area contributed by atoms with Crippen molar-refractivity contribution in [1.82, 2.24) is 19.6 Å². The number of hydrogen-bond donors (Lipinski definition) is 0. The number of anilines is 1. The summed E-state index contributed by atoms with van der Waals surface area (Å²) < 4.78 is 34.9. The maximum absolute atomic E-state index is 13.3. The summed E-state index contributed by atoms with van der Waals surface area (Å²) >= 11 is 0. The van der Waals surface area contributed by atoms with Crippen LogP contribution in [0.15, 0.2) is 53.4 Å². The average Bonchev–Trinajstić information content (AvgIpc) is 3.10. The van der Waals surface area contributed by atoms with Crippen molar-refractivity contribution < 1.29 is 13.2 Å². The van der Waals surface area contributed by atoms with E-state index in [9.17, 15) is 8.42 Å². The molecule has 2 heterocycles. The van der Waals surface area contributed by atoms with Crippen molar-refractivity contribution in [1.29, 1.82) is 0 Å². The minimum absolute atomic E-state index is 0.152. The first-order valence-electron chi connectivity index (χ1n) is 8.74. The summed E-state index contributed by atoms with van der Waals surface area (Å²) in [4.78, 5) is 4.76. The number of rotatable bonds is 5. The SMILES string of the molecule is CCN(c1nc2ccccc2n2c(C)nnc12)S(=O)(=O)c1ccc(OC)cc1. The van der Waals surface area contributed by atoms with Crippen molar-refractivity contribution in [3.63, 3.8) is 0 Å². The molecular formula is C19H19N5O3S. The van der Waals surface area contributed by atoms with Gasteiger partial charge in [0.15, 0.2) is 5.82 Å². The molecule has 4 rings (SSSR count). The molecule has 144 valence electrons. The lowest BCUT2D eigenvalue weighted by Gasteiger charge is -2.22. The molecule has 0 amide bonds. The highest BCUT2D eigenvalue weighted by Gasteiger charge is 2.28. The molecule has 28 heavy (non-hydrogen) atoms. The van der Waals surface area contributed by atoms with Gasteiger partial charge in [-0.05, 0) is 50.2 Å². The van der Waals surface area contributed by atoms with Gasteiger partial charge >= 0.3 is 0 Å². The molecule has 0 atom stereocenters. The third-order valence-electron chi connectivity index (χ3n) is 4.54. The summed E-state index contributed by atoms with van der Waals surface area (Å²) in [6.07, 6.45) is 0. The summed E-state index contributed by atoms with van der Waals surface area (Å²) in [5.41, 5.74) is 1.88. The fourth-order valence-electron chi connectivity index (χ4n) is 3.18. The van der Waals surface area contributed by atoms with Gasteiger partial charge in [-0.3, -0.25) is 4.40 Å². The molecule has 0 fully saturated rings. The summed E-state index contributed by atoms with van der Waals surface area (Å²) in [5.74, 6) is 1.49. The first-order chi connectivity index (χ1) is 13.5. The molecule has 0 radical (unpaired) electrons. The Morgan fingerprint density at radius 1 is 1.07 bits per heavy atom. The quantitative estimate of drug-likeness (QED) is 0.514. The molecule has 9 heteroatoms. The summed E-state index contributed by atoms with van der Waals surface area (Å²) in [7, 11) is -2.31. The molecular weight excluding hydrogens is 378 g/mol. The third kappa shape index (κ3) is 2.75. The number of ether oxygens (including phenoxy) is 1. The lowest BCUT2D eigenvalue weighted by molar-refractivity contribution is 0.414. The first kappa shape index (κ1) is 18.2. The second-order valence-electron chi connectivity index (χ2n) is 6.18. The van der Waals surface area contributed by atoms with Crippen LogP contribution in [0.4, 0.5) is 5.82 Å². The summed E-state index contributed by atoms with van der Waals surface area (Å²) in [6, 6.07) is 13.8. The van der Waals surface area contributed by atoms with Crippen molar-refractivity contribution in [2.45, 2.75) is 18.7 Å². The van der Waals surface area contributed by atoms with E-state index in [0.29, 0.717) is 22.7 Å². The fourth-order valence-corrected chi connectivity index (χ4v) is 4.61. The van der Waals surface area contributed by atoms with E-state index >= 15 is 0 Å². The number of aryl methyl sites for hydroxylation is 1. The monoisotopic (exact) mass is 397 g/mol. The van der Waals surface area contributed by atoms with E-state index in [-0.39, 0.29) is 17.3 Å². The molecule has 0 bridgehead atoms. The topological polar surface area (TPSA) is 89.7 Å². The normalized spacial score (nSPS) is 11.8. The van der Waals surface area contributed by atoms with E-state index < -0.39 is 10.0 Å². The van der Waals surface area contributed by atoms with Gasteiger partial charge in [0, 0.05) is 6.54 Å². The molecule has 2 aromatic heterocycles. The van der Waals surface area contributed by atoms with E-state index in [1.165, 1.54) is 23.5 Å². The maximum Gasteiger partial charge on any atom is 0.265 e. The predicted octanol–water partition coefficient (Wildman–Crippen LogP) is 2.81. The van der Waals surface area contributed by atoms with Gasteiger partial charge < -0.3 is 4.74 Å². The molecule has 0 saturated heterocycles. The smallest absolute Gasteiger partial charge is 0.265 e. The van der Waals surface area contributed by atoms with Gasteiger partial charge in [-0.15, -0.1) is 10.2 Å². The van der Waals surface area contributed by atoms with E-state index in [1.807, 2.05) is 35.6 Å². The minimum atomic E-state index is -3.85. The number of nitrogens with zero attached hydrogens (tertiary/aromatic N) is 5. The van der Waals surface area contributed by atoms with Gasteiger partial charge in [-0.25, -0.2) is 17.7 Å². The molecule has 0 N–H and O–H groups in total. The zero-order valence-electron chi connectivity index (χ0n) is 15.7. The molecule has 4 aromatic rings. The fraction of sp³-hybridized carbons (Fsp3) is 0.211. The number of fused-ring (bicyclic) bond motifs is 3. The summed E-state index contributed by atoms with van der Waals surface area (Å²) in [6.45, 7) is 3.78.